The monoisotopic (exact) mass is 1960 g/mol. The predicted molar refractivity (Wildman–Crippen MR) is 530 cm³/mol. The molecule has 0 fully saturated rings. The van der Waals surface area contributed by atoms with Crippen molar-refractivity contribution < 1.29 is 210 Å². The highest BCUT2D eigenvalue weighted by molar-refractivity contribution is 4.76. The van der Waals surface area contributed by atoms with Gasteiger partial charge >= 0.3 is 0 Å². The molecule has 36 heteroatoms. The highest BCUT2D eigenvalue weighted by atomic mass is 16.5. The molecule has 0 saturated carbocycles. The third-order valence-corrected chi connectivity index (χ3v) is 14.5. The molecule has 35 N–H and O–H groups in total. The number of nitrogens with one attached hydrogen (secondary N) is 18. The average Bonchev–Trinajstić information content (AvgIpc) is 0.704. The predicted octanol–water partition coefficient (Wildman–Crippen LogP) is -1.98. The van der Waals surface area contributed by atoms with E-state index in [1.807, 2.05) is 13.8 Å². The van der Waals surface area contributed by atoms with Crippen LogP contribution >= 0.6 is 0 Å². The van der Waals surface area contributed by atoms with Gasteiger partial charge in [0.25, 0.3) is 0 Å². The van der Waals surface area contributed by atoms with Crippen molar-refractivity contribution in [3.8, 4) is 0 Å². The zero-order valence-electron chi connectivity index (χ0n) is 178. The van der Waals surface area contributed by atoms with Gasteiger partial charge in [-0.05, 0) is 115 Å². The maximum absolute atomic E-state index is 8.13. The molecule has 0 bridgehead atoms. The van der Waals surface area contributed by atoms with Gasteiger partial charge in [0, 0.05) is 321 Å². The van der Waals surface area contributed by atoms with Crippen LogP contribution in [-0.2, 0) is 4.74 Å². The van der Waals surface area contributed by atoms with Gasteiger partial charge in [-0.25, -0.2) is 0 Å². The Morgan fingerprint density at radius 2 is 0.402 bits per heavy atom. The Morgan fingerprint density at radius 3 is 0.654 bits per heavy atom. The second-order valence-electron chi connectivity index (χ2n) is 23.5. The summed E-state index contributed by atoms with van der Waals surface area (Å²) in [6, 6.07) is -32.1. The Kier molecular flexibility index (Phi) is 38.4. The first-order chi connectivity index (χ1) is 103. The van der Waals surface area contributed by atoms with E-state index < -0.39 is 381 Å². The molecule has 0 aromatic carbocycles. The van der Waals surface area contributed by atoms with E-state index in [-0.39, 0.29) is 131 Å². The summed E-state index contributed by atoms with van der Waals surface area (Å²) in [5.74, 6) is 0. The van der Waals surface area contributed by atoms with E-state index in [1.165, 1.54) is 24.5 Å². The van der Waals surface area contributed by atoms with Crippen LogP contribution in [0.5, 0.6) is 0 Å². The van der Waals surface area contributed by atoms with Crippen molar-refractivity contribution in [1.29, 1.82) is 24.3 Å². The molecule has 0 aromatic heterocycles. The third kappa shape index (κ3) is 103. The van der Waals surface area contributed by atoms with Crippen LogP contribution in [0, 0.1) is 0 Å². The Bertz CT molecular complexity index is 5640. The lowest BCUT2D eigenvalue weighted by atomic mass is 10.2. The number of methoxy groups -OCH3 is 1. The summed E-state index contributed by atoms with van der Waals surface area (Å²) in [6.07, 6.45) is -24.2. The minimum absolute atomic E-state index is 0.00765. The number of hydrogen-bond donors (Lipinski definition) is 35. The minimum Gasteiger partial charge on any atom is -0.395 e. The Balaban J connectivity index is -0.000000343. The summed E-state index contributed by atoms with van der Waals surface area (Å²) in [7, 11) is 1.63. The van der Waals surface area contributed by atoms with Gasteiger partial charge in [-0.2, -0.15) is 0 Å². The molecule has 0 spiro atoms. The summed E-state index contributed by atoms with van der Waals surface area (Å²) in [5.41, 5.74) is 0. The molecule has 0 unspecified atom stereocenters. The first-order valence-electron chi connectivity index (χ1n) is 89.0. The molecule has 18 atom stereocenters. The van der Waals surface area contributed by atoms with Gasteiger partial charge in [0.15, 0.2) is 0 Å². The molecule has 0 radical (unpaired) electrons. The molecule has 0 heterocycles. The summed E-state index contributed by atoms with van der Waals surface area (Å²) in [6.45, 7) is -56.0. The molecular formula is C91H218N18O18. The first kappa shape index (κ1) is 40.4. The van der Waals surface area contributed by atoms with E-state index >= 15 is 0 Å². The topological polar surface area (TPSA) is 570 Å². The first-order valence-corrected chi connectivity index (χ1v) is 40.0. The Hall–Kier alpha value is -1.44. The Morgan fingerprint density at radius 1 is 0.213 bits per heavy atom. The smallest absolute Gasteiger partial charge is 0.210 e. The molecule has 127 heavy (non-hydrogen) atoms. The Labute approximate surface area is 923 Å². The quantitative estimate of drug-likeness (QED) is 0.0314. The van der Waals surface area contributed by atoms with Crippen molar-refractivity contribution in [2.24, 2.45) is 0 Å². The molecule has 0 aliphatic rings. The van der Waals surface area contributed by atoms with Gasteiger partial charge in [0.1, 0.15) is 25.4 Å². The minimum atomic E-state index is -4.17. The molecule has 0 aliphatic heterocycles. The van der Waals surface area contributed by atoms with Crippen LogP contribution in [0.4, 0.5) is 0 Å². The molecule has 0 saturated heterocycles. The van der Waals surface area contributed by atoms with Crippen LogP contribution in [0.1, 0.15) is 332 Å². The highest BCUT2D eigenvalue weighted by Crippen LogP contribution is 1.99. The number of hydrogen-bond acceptors (Lipinski definition) is 36. The molecule has 0 rings (SSSR count). The summed E-state index contributed by atoms with van der Waals surface area (Å²) in [5, 5.41) is 74.5. The lowest BCUT2D eigenvalue weighted by Crippen LogP contribution is -2.41. The van der Waals surface area contributed by atoms with Crippen molar-refractivity contribution in [1.82, 2.24) is 95.6 Å². The second kappa shape index (κ2) is 121. The van der Waals surface area contributed by atoms with E-state index in [0.717, 1.165) is 34.1 Å². The van der Waals surface area contributed by atoms with Gasteiger partial charge < -0.3 is 187 Å². The van der Waals surface area contributed by atoms with Gasteiger partial charge in [-0.3, -0.25) is 0 Å². The molecular weight excluding hydrogens is 1630 g/mol. The molecule has 780 valence electrons. The van der Waals surface area contributed by atoms with Crippen molar-refractivity contribution in [2.75, 3.05) is 243 Å². The number of aliphatic hydroxyl groups excluding tert-OH is 15. The highest BCUT2D eigenvalue weighted by Gasteiger charge is 2.14. The molecule has 0 amide bonds. The number of aliphatic hydroxyl groups is 17. The fourth-order valence-corrected chi connectivity index (χ4v) is 6.64. The SMILES string of the molecule is [2H]OC([2H])([2H])[C@H](CC)N([2H])CCN([2H])[C@@H](CC)C([2H])([2H])O[2H].[2H]OC[C@@H](N([2H])C([2H])([2H])C([2H])([2H])N([2H])[C@H](CO[2H])C([2H])([2H])C([2H])([2H])[2H])C([2H])([2H])C([2H])([2H])[2H].[2H]OC[C@@H](N([2H])CCN([2H])[C@H](CO[2H])C([2H])([2H])C([2H])([2H])[2H])C([2H])([2H])C([2H])([2H])[2H].[2H]OC[C@@]([2H])(CC)N([2H])C([2H])([2H])C([2H])([2H])N([2H])[C@]([2H])(CC)CO[2H].[2H]OC[C@@]([2H])(CC)N([2H])CCN([2H])[C@]([2H])(CC)CO[2H].[2H]OC[C@H](CC)N([2H])C([2H])([2H])C([2H])([2H])N([2H])[C@@H](CC)CO[2H].[2H]OC[C@H](CC)N([2H])CCN([2H])[C@@H](CC)COC.[2H]OC[C@]([2H])(N([2H])C([2H])([2H])C([2H])([2H])N([2H])[C@@]([2H])(CO[2H])C([2H])([2H])C([2H])([2H])[2H])C([2H])([2H])C([2H])([2H])[2H].[2H]OC[C@]([2H])(N([2H])CCN([2H])[C@@]([2H])(CO[2H])C([2H])([2H])C([2H])([2H])[2H])C([2H])([2H])C([2H])([2H])[2H]. The lowest BCUT2D eigenvalue weighted by molar-refractivity contribution is 0.164. The third-order valence-electron chi connectivity index (χ3n) is 14.5. The van der Waals surface area contributed by atoms with Crippen LogP contribution in [-0.4, -0.2) is 463 Å². The van der Waals surface area contributed by atoms with Gasteiger partial charge in [-0.1, -0.05) is 124 Å². The molecule has 0 aliphatic carbocycles. The van der Waals surface area contributed by atoms with Crippen LogP contribution in [0.2, 0.25) is 25.4 Å². The van der Waals surface area contributed by atoms with Crippen molar-refractivity contribution in [2.45, 2.75) is 348 Å². The van der Waals surface area contributed by atoms with E-state index in [9.17, 15) is 0 Å². The average molecular weight is 1960 g/mol. The van der Waals surface area contributed by atoms with E-state index in [1.54, 1.807) is 48.7 Å². The standard InChI is InChI=1S/C11H26N2O2.8C10H24N2O2/c1-4-10(8-14)12-6-7-13-11(5-2)9-15-3;8*1-3-9(7-13)11-5-6-12-10(4-2)8-14/h10-14H,4-9H2,1-3H3;8*9-14H,3-8H2,1-2H3/t10-,11-;8*9-,10-/m011110000/s1/i14D;1D3,2D3,3D2,4D2,5D2,6D2,9D,10D,13D,14D;1D3,2D3,3D2,4D2,9D,10D,13D,14D;5D2,6D2,9D,10D,13D,14D;9D,10D,13D,14D;1D3,2D3,3D2,4D2,5D2,6D2,13D,14D;1D3,2D3,3D2,4D2,13D,14D;7D2,8D2,13D,14D;5D2,6D2,13D,14D/hD18. The van der Waals surface area contributed by atoms with Gasteiger partial charge in [0.05, 0.1) is 124 Å². The van der Waals surface area contributed by atoms with Crippen LogP contribution in [0.25, 0.3) is 0 Å². The maximum atomic E-state index is 8.13. The summed E-state index contributed by atoms with van der Waals surface area (Å²) in [4.78, 5) is 0. The van der Waals surface area contributed by atoms with E-state index in [2.05, 4.69) is 86.8 Å². The van der Waals surface area contributed by atoms with Crippen LogP contribution in [0.15, 0.2) is 0 Å². The van der Waals surface area contributed by atoms with E-state index in [0.29, 0.717) is 53.8 Å². The summed E-state index contributed by atoms with van der Waals surface area (Å²) >= 11 is 0. The lowest BCUT2D eigenvalue weighted by Gasteiger charge is -2.18. The van der Waals surface area contributed by atoms with Gasteiger partial charge in [0.2, 0.25) is 24.3 Å². The molecule has 36 nitrogen and oxygen atoms in total. The fraction of sp³-hybridized carbons (Fsp3) is 1.00. The summed E-state index contributed by atoms with van der Waals surface area (Å²) < 4.78 is 782. The zero-order chi connectivity index (χ0) is 185. The second-order valence-corrected chi connectivity index (χ2v) is 23.5. The zero-order valence-corrected chi connectivity index (χ0v) is 74.6. The van der Waals surface area contributed by atoms with Crippen LogP contribution in [0.3, 0.4) is 0 Å². The van der Waals surface area contributed by atoms with Crippen LogP contribution < -0.4 is 95.6 Å². The van der Waals surface area contributed by atoms with Crippen molar-refractivity contribution in [3.05, 3.63) is 0 Å². The van der Waals surface area contributed by atoms with Crippen molar-refractivity contribution >= 4 is 0 Å². The fourth-order valence-electron chi connectivity index (χ4n) is 6.64. The van der Waals surface area contributed by atoms with Crippen molar-refractivity contribution in [3.63, 3.8) is 0 Å². The van der Waals surface area contributed by atoms with E-state index in [4.69, 9.17) is 148 Å². The largest absolute Gasteiger partial charge is 0.395 e. The number of rotatable bonds is 99. The normalized spacial score (nSPS) is 32.6. The maximum Gasteiger partial charge on any atom is 0.210 e. The number of ether oxygens (including phenoxy) is 1. The van der Waals surface area contributed by atoms with Gasteiger partial charge in [-0.15, -0.1) is 0 Å². The molecule has 0 aromatic rings.